The summed E-state index contributed by atoms with van der Waals surface area (Å²) in [6.45, 7) is 5.81. The highest BCUT2D eigenvalue weighted by molar-refractivity contribution is 5.73. The highest BCUT2D eigenvalue weighted by atomic mass is 15.1. The van der Waals surface area contributed by atoms with Crippen molar-refractivity contribution in [3.05, 3.63) is 48.6 Å². The number of pyridine rings is 1. The maximum atomic E-state index is 4.32. The van der Waals surface area contributed by atoms with Crippen LogP contribution in [0.3, 0.4) is 0 Å². The summed E-state index contributed by atoms with van der Waals surface area (Å²) >= 11 is 0. The number of aryl methyl sites for hydroxylation is 1. The Kier molecular flexibility index (Phi) is 2.08. The lowest BCUT2D eigenvalue weighted by molar-refractivity contribution is 1.05. The summed E-state index contributed by atoms with van der Waals surface area (Å²) in [4.78, 5) is 4.22. The third-order valence-electron chi connectivity index (χ3n) is 2.86. The van der Waals surface area contributed by atoms with E-state index in [1.54, 1.807) is 6.20 Å². The first-order valence-electron chi connectivity index (χ1n) is 5.40. The Hall–Kier alpha value is -2.36. The van der Waals surface area contributed by atoms with Crippen molar-refractivity contribution in [3.8, 4) is 11.3 Å². The van der Waals surface area contributed by atoms with E-state index in [2.05, 4.69) is 21.8 Å². The van der Waals surface area contributed by atoms with Gasteiger partial charge in [0.1, 0.15) is 11.3 Å². The molecule has 4 nitrogen and oxygen atoms in total. The zero-order valence-corrected chi connectivity index (χ0v) is 9.51. The molecular formula is C13H12N4. The summed E-state index contributed by atoms with van der Waals surface area (Å²) in [6.07, 6.45) is 7.55. The Morgan fingerprint density at radius 3 is 3.12 bits per heavy atom. The molecule has 0 aliphatic carbocycles. The molecule has 0 aliphatic rings. The molecule has 0 spiro atoms. The van der Waals surface area contributed by atoms with Crippen LogP contribution in [0.1, 0.15) is 11.3 Å². The molecule has 0 atom stereocenters. The monoisotopic (exact) mass is 224 g/mol. The van der Waals surface area contributed by atoms with Gasteiger partial charge in [0.15, 0.2) is 0 Å². The van der Waals surface area contributed by atoms with Crippen LogP contribution in [0.15, 0.2) is 37.3 Å². The highest BCUT2D eigenvalue weighted by Crippen LogP contribution is 2.24. The van der Waals surface area contributed by atoms with Crippen LogP contribution in [-0.2, 0) is 0 Å². The fraction of sp³-hybridized carbons (Fsp3) is 0.0769. The minimum absolute atomic E-state index is 0.924. The number of aromatic amines is 1. The molecular weight excluding hydrogens is 212 g/mol. The summed E-state index contributed by atoms with van der Waals surface area (Å²) < 4.78 is 1.98. The normalized spacial score (nSPS) is 10.9. The van der Waals surface area contributed by atoms with E-state index in [-0.39, 0.29) is 0 Å². The van der Waals surface area contributed by atoms with E-state index in [0.717, 1.165) is 28.2 Å². The maximum Gasteiger partial charge on any atom is 0.136 e. The van der Waals surface area contributed by atoms with Crippen LogP contribution in [0.25, 0.3) is 23.0 Å². The van der Waals surface area contributed by atoms with Crippen molar-refractivity contribution in [2.45, 2.75) is 6.92 Å². The lowest BCUT2D eigenvalue weighted by atomic mass is 10.1. The average Bonchev–Trinajstić information content (AvgIpc) is 2.93. The summed E-state index contributed by atoms with van der Waals surface area (Å²) in [5.74, 6) is 0. The molecule has 0 bridgehead atoms. The van der Waals surface area contributed by atoms with Crippen molar-refractivity contribution < 1.29 is 0 Å². The lowest BCUT2D eigenvalue weighted by Gasteiger charge is -2.00. The second kappa shape index (κ2) is 3.59. The number of H-pyrrole nitrogens is 1. The zero-order valence-electron chi connectivity index (χ0n) is 9.51. The molecule has 0 amide bonds. The number of aromatic nitrogens is 4. The van der Waals surface area contributed by atoms with Gasteiger partial charge in [-0.3, -0.25) is 5.10 Å². The van der Waals surface area contributed by atoms with Crippen molar-refractivity contribution in [1.29, 1.82) is 0 Å². The van der Waals surface area contributed by atoms with E-state index in [9.17, 15) is 0 Å². The molecule has 0 unspecified atom stereocenters. The minimum atomic E-state index is 0.924. The third-order valence-corrected chi connectivity index (χ3v) is 2.86. The van der Waals surface area contributed by atoms with Crippen LogP contribution in [-0.4, -0.2) is 19.6 Å². The highest BCUT2D eigenvalue weighted by Gasteiger charge is 2.09. The van der Waals surface area contributed by atoms with Crippen molar-refractivity contribution in [2.24, 2.45) is 0 Å². The topological polar surface area (TPSA) is 46.0 Å². The molecule has 4 heteroatoms. The number of nitrogens with one attached hydrogen (secondary N) is 1. The number of imidazole rings is 1. The van der Waals surface area contributed by atoms with E-state index >= 15 is 0 Å². The number of nitrogens with zero attached hydrogens (tertiary/aromatic N) is 3. The van der Waals surface area contributed by atoms with E-state index in [4.69, 9.17) is 0 Å². The fourth-order valence-electron chi connectivity index (χ4n) is 1.97. The second-order valence-electron chi connectivity index (χ2n) is 3.93. The van der Waals surface area contributed by atoms with Crippen LogP contribution < -0.4 is 0 Å². The maximum absolute atomic E-state index is 4.32. The molecule has 84 valence electrons. The zero-order chi connectivity index (χ0) is 11.8. The van der Waals surface area contributed by atoms with Crippen molar-refractivity contribution in [3.63, 3.8) is 0 Å². The molecule has 0 aromatic carbocycles. The smallest absolute Gasteiger partial charge is 0.136 e. The number of hydrogen-bond donors (Lipinski definition) is 1. The van der Waals surface area contributed by atoms with Crippen LogP contribution in [0, 0.1) is 6.92 Å². The minimum Gasteiger partial charge on any atom is -0.306 e. The van der Waals surface area contributed by atoms with E-state index in [1.165, 1.54) is 0 Å². The first-order chi connectivity index (χ1) is 8.29. The van der Waals surface area contributed by atoms with Crippen LogP contribution >= 0.6 is 0 Å². The summed E-state index contributed by atoms with van der Waals surface area (Å²) in [6, 6.07) is 4.00. The van der Waals surface area contributed by atoms with Gasteiger partial charge < -0.3 is 4.40 Å². The first kappa shape index (κ1) is 9.84. The molecule has 3 aromatic heterocycles. The van der Waals surface area contributed by atoms with Gasteiger partial charge in [0.05, 0.1) is 0 Å². The molecule has 0 saturated carbocycles. The summed E-state index contributed by atoms with van der Waals surface area (Å²) in [5.41, 5.74) is 4.98. The molecule has 3 rings (SSSR count). The second-order valence-corrected chi connectivity index (χ2v) is 3.93. The Morgan fingerprint density at radius 2 is 2.29 bits per heavy atom. The van der Waals surface area contributed by atoms with Gasteiger partial charge in [0.2, 0.25) is 0 Å². The van der Waals surface area contributed by atoms with Crippen molar-refractivity contribution >= 4 is 11.7 Å². The Balaban J connectivity index is 2.22. The average molecular weight is 224 g/mol. The molecule has 0 saturated heterocycles. The van der Waals surface area contributed by atoms with Gasteiger partial charge in [-0.05, 0) is 19.1 Å². The molecule has 0 aliphatic heterocycles. The van der Waals surface area contributed by atoms with Gasteiger partial charge >= 0.3 is 0 Å². The number of rotatable bonds is 2. The van der Waals surface area contributed by atoms with Crippen LogP contribution in [0.2, 0.25) is 0 Å². The summed E-state index contributed by atoms with van der Waals surface area (Å²) in [5, 5.41) is 7.30. The quantitative estimate of drug-likeness (QED) is 0.727. The first-order valence-corrected chi connectivity index (χ1v) is 5.40. The Labute approximate surface area is 98.6 Å². The third kappa shape index (κ3) is 1.45. The number of fused-ring (bicyclic) bond motifs is 1. The van der Waals surface area contributed by atoms with Gasteiger partial charge in [-0.15, -0.1) is 0 Å². The van der Waals surface area contributed by atoms with Crippen molar-refractivity contribution in [2.75, 3.05) is 0 Å². The van der Waals surface area contributed by atoms with Gasteiger partial charge in [-0.2, -0.15) is 5.10 Å². The van der Waals surface area contributed by atoms with Gasteiger partial charge in [0, 0.05) is 35.4 Å². The molecule has 0 fully saturated rings. The Bertz CT molecular complexity index is 690. The largest absolute Gasteiger partial charge is 0.306 e. The summed E-state index contributed by atoms with van der Waals surface area (Å²) in [7, 11) is 0. The molecule has 3 aromatic rings. The fourth-order valence-corrected chi connectivity index (χ4v) is 1.97. The molecule has 1 N–H and O–H groups in total. The van der Waals surface area contributed by atoms with Crippen LogP contribution in [0.4, 0.5) is 0 Å². The van der Waals surface area contributed by atoms with Gasteiger partial charge in [-0.1, -0.05) is 12.7 Å². The predicted octanol–water partition coefficient (Wildman–Crippen LogP) is 2.68. The molecule has 17 heavy (non-hydrogen) atoms. The lowest BCUT2D eigenvalue weighted by Crippen LogP contribution is -1.87. The molecule has 0 radical (unpaired) electrons. The van der Waals surface area contributed by atoms with Crippen LogP contribution in [0.5, 0.6) is 0 Å². The SMILES string of the molecule is C=Cc1c(-c2ccc3nccn3c2)n[nH]c1C. The van der Waals surface area contributed by atoms with E-state index in [0.29, 0.717) is 0 Å². The van der Waals surface area contributed by atoms with Gasteiger partial charge in [-0.25, -0.2) is 4.98 Å². The van der Waals surface area contributed by atoms with Gasteiger partial charge in [0.25, 0.3) is 0 Å². The van der Waals surface area contributed by atoms with Crippen molar-refractivity contribution in [1.82, 2.24) is 19.6 Å². The van der Waals surface area contributed by atoms with E-state index < -0.39 is 0 Å². The van der Waals surface area contributed by atoms with E-state index in [1.807, 2.05) is 41.9 Å². The predicted molar refractivity (Wildman–Crippen MR) is 67.6 cm³/mol. The molecule has 3 heterocycles. The number of hydrogen-bond acceptors (Lipinski definition) is 2. The standard InChI is InChI=1S/C13H12N4/c1-3-11-9(2)15-16-13(11)10-4-5-12-14-6-7-17(12)8-10/h3-8H,1H2,2H3,(H,15,16). The Morgan fingerprint density at radius 1 is 1.41 bits per heavy atom.